The summed E-state index contributed by atoms with van der Waals surface area (Å²) < 4.78 is 147. The first-order chi connectivity index (χ1) is 13.2. The maximum Gasteiger partial charge on any atom is 0.267 e. The first kappa shape index (κ1) is 30.2. The zero-order chi connectivity index (χ0) is 23.4. The van der Waals surface area contributed by atoms with Crippen LogP contribution < -0.4 is 5.73 Å². The molecule has 0 aliphatic heterocycles. The van der Waals surface area contributed by atoms with Gasteiger partial charge in [0.05, 0.1) is 6.67 Å². The van der Waals surface area contributed by atoms with Gasteiger partial charge in [0.15, 0.2) is 43.2 Å². The van der Waals surface area contributed by atoms with E-state index in [0.717, 1.165) is 0 Å². The van der Waals surface area contributed by atoms with Gasteiger partial charge in [0.25, 0.3) is 10.1 Å². The van der Waals surface area contributed by atoms with Crippen LogP contribution in [0, 0.1) is 0 Å². The highest BCUT2D eigenvalue weighted by molar-refractivity contribution is 7.85. The van der Waals surface area contributed by atoms with E-state index in [1.807, 2.05) is 0 Å². The molecule has 14 heteroatoms. The molecule has 0 radical (unpaired) electrons. The van der Waals surface area contributed by atoms with Crippen molar-refractivity contribution < 1.29 is 52.5 Å². The highest BCUT2D eigenvalue weighted by Gasteiger charge is 2.47. The van der Waals surface area contributed by atoms with E-state index in [1.165, 1.54) is 0 Å². The van der Waals surface area contributed by atoms with Crippen LogP contribution in [0.5, 0.6) is 0 Å². The van der Waals surface area contributed by atoms with Gasteiger partial charge in [-0.3, -0.25) is 8.94 Å². The Morgan fingerprint density at radius 3 is 1.48 bits per heavy atom. The van der Waals surface area contributed by atoms with Crippen molar-refractivity contribution in [3.63, 3.8) is 0 Å². The van der Waals surface area contributed by atoms with Crippen molar-refractivity contribution >= 4 is 10.1 Å². The highest BCUT2D eigenvalue weighted by Crippen LogP contribution is 2.28. The quantitative estimate of drug-likeness (QED) is 0.246. The van der Waals surface area contributed by atoms with Crippen LogP contribution in [0.1, 0.15) is 12.8 Å². The third kappa shape index (κ3) is 12.3. The normalized spacial score (nSPS) is 20.2. The van der Waals surface area contributed by atoms with Crippen LogP contribution in [-0.2, 0) is 10.1 Å². The Kier molecular flexibility index (Phi) is 15.5. The molecule has 0 bridgehead atoms. The van der Waals surface area contributed by atoms with Gasteiger partial charge in [-0.05, 0) is 12.8 Å². The van der Waals surface area contributed by atoms with Crippen LogP contribution in [0.3, 0.4) is 0 Å². The van der Waals surface area contributed by atoms with Crippen LogP contribution in [-0.4, -0.2) is 81.3 Å². The molecule has 8 unspecified atom stereocenters. The number of hydrogen-bond acceptors (Lipinski definition) is 3. The van der Waals surface area contributed by atoms with Gasteiger partial charge >= 0.3 is 0 Å². The Hall–Kier alpha value is -1.02. The number of halogens is 9. The van der Waals surface area contributed by atoms with Gasteiger partial charge in [-0.15, -0.1) is 6.58 Å². The average molecular weight is 469 g/mol. The van der Waals surface area contributed by atoms with E-state index in [1.54, 1.807) is 6.08 Å². The molecule has 0 aliphatic rings. The van der Waals surface area contributed by atoms with Crippen LogP contribution in [0.25, 0.3) is 0 Å². The Morgan fingerprint density at radius 2 is 1.17 bits per heavy atom. The second kappa shape index (κ2) is 14.9. The largest absolute Gasteiger partial charge is 0.327 e. The first-order valence-corrected chi connectivity index (χ1v) is 9.80. The van der Waals surface area contributed by atoms with E-state index < -0.39 is 84.8 Å². The molecular formula is C15H24F9NO3S. The Labute approximate surface area is 163 Å². The number of alkyl halides is 9. The summed E-state index contributed by atoms with van der Waals surface area (Å²) in [7, 11) is -5.11. The van der Waals surface area contributed by atoms with Crippen LogP contribution in [0.2, 0.25) is 0 Å². The Balaban J connectivity index is 0. The minimum Gasteiger partial charge on any atom is -0.327 e. The predicted molar refractivity (Wildman–Crippen MR) is 90.0 cm³/mol. The topological polar surface area (TPSA) is 80.4 Å². The number of nitrogens with two attached hydrogens (primary N) is 1. The van der Waals surface area contributed by atoms with Crippen LogP contribution >= 0.6 is 0 Å². The minimum absolute atomic E-state index is 0.540. The summed E-state index contributed by atoms with van der Waals surface area (Å²) >= 11 is 0. The summed E-state index contributed by atoms with van der Waals surface area (Å²) in [5.41, 5.74) is 4.91. The highest BCUT2D eigenvalue weighted by atomic mass is 32.2. The summed E-state index contributed by atoms with van der Waals surface area (Å²) in [5.74, 6) is -1.97. The van der Waals surface area contributed by atoms with E-state index in [0.29, 0.717) is 6.54 Å². The van der Waals surface area contributed by atoms with Gasteiger partial charge in [-0.25, -0.2) is 35.1 Å². The summed E-state index contributed by atoms with van der Waals surface area (Å²) in [5, 5.41) is 0. The lowest BCUT2D eigenvalue weighted by molar-refractivity contribution is -0.0450. The fraction of sp³-hybridized carbons (Fsp3) is 0.867. The molecule has 8 atom stereocenters. The third-order valence-corrected chi connectivity index (χ3v) is 4.10. The summed E-state index contributed by atoms with van der Waals surface area (Å²) in [6.07, 6.45) is -27.6. The van der Waals surface area contributed by atoms with Crippen molar-refractivity contribution in [2.24, 2.45) is 5.73 Å². The molecule has 0 amide bonds. The molecular weight excluding hydrogens is 445 g/mol. The fourth-order valence-electron chi connectivity index (χ4n) is 1.83. The number of hydrogen-bond donors (Lipinski definition) is 2. The molecule has 0 saturated heterocycles. The molecule has 3 N–H and O–H groups in total. The van der Waals surface area contributed by atoms with Crippen molar-refractivity contribution in [3.8, 4) is 0 Å². The van der Waals surface area contributed by atoms with Crippen LogP contribution in [0.15, 0.2) is 12.7 Å². The van der Waals surface area contributed by atoms with Gasteiger partial charge in [-0.1, -0.05) is 6.08 Å². The SMILES string of the molecule is C=CCN.O=S(=O)(O)CC(F)C(F)C(F)C(F)C(F)C(F)C(F)C(F)CCCF. The molecule has 0 rings (SSSR count). The lowest BCUT2D eigenvalue weighted by Crippen LogP contribution is -2.47. The van der Waals surface area contributed by atoms with Gasteiger partial charge in [0, 0.05) is 6.54 Å². The van der Waals surface area contributed by atoms with Crippen molar-refractivity contribution in [1.82, 2.24) is 0 Å². The second-order valence-corrected chi connectivity index (χ2v) is 7.30. The average Bonchev–Trinajstić information content (AvgIpc) is 2.67. The van der Waals surface area contributed by atoms with E-state index in [9.17, 15) is 47.9 Å². The molecule has 0 fully saturated rings. The molecule has 176 valence electrons. The maximum atomic E-state index is 13.4. The molecule has 0 aromatic carbocycles. The van der Waals surface area contributed by atoms with Gasteiger partial charge in [-0.2, -0.15) is 8.42 Å². The summed E-state index contributed by atoms with van der Waals surface area (Å²) in [6.45, 7) is 2.85. The zero-order valence-electron chi connectivity index (χ0n) is 15.1. The minimum atomic E-state index is -5.11. The van der Waals surface area contributed by atoms with Gasteiger partial charge < -0.3 is 5.73 Å². The predicted octanol–water partition coefficient (Wildman–Crippen LogP) is 3.46. The van der Waals surface area contributed by atoms with Crippen molar-refractivity contribution in [2.75, 3.05) is 19.0 Å². The van der Waals surface area contributed by atoms with Gasteiger partial charge in [0.1, 0.15) is 11.9 Å². The lowest BCUT2D eigenvalue weighted by atomic mass is 9.97. The van der Waals surface area contributed by atoms with E-state index >= 15 is 0 Å². The zero-order valence-corrected chi connectivity index (χ0v) is 15.9. The lowest BCUT2D eigenvalue weighted by Gasteiger charge is -2.26. The summed E-state index contributed by atoms with van der Waals surface area (Å²) in [6, 6.07) is 0. The molecule has 0 aliphatic carbocycles. The van der Waals surface area contributed by atoms with E-state index in [2.05, 4.69) is 6.58 Å². The van der Waals surface area contributed by atoms with Crippen LogP contribution in [0.4, 0.5) is 39.5 Å². The standard InChI is InChI=1S/C12H17F9O3S.C3H7N/c13-3-1-2-5(14)7(16)9(18)11(20)12(21)10(19)8(17)6(15)4-25(22,23)24;1-2-3-4/h5-12H,1-4H2,(H,22,23,24);2H,1,3-4H2. The molecule has 0 saturated carbocycles. The molecule has 29 heavy (non-hydrogen) atoms. The van der Waals surface area contributed by atoms with Gasteiger partial charge in [0.2, 0.25) is 0 Å². The van der Waals surface area contributed by atoms with Crippen molar-refractivity contribution in [1.29, 1.82) is 0 Å². The van der Waals surface area contributed by atoms with E-state index in [4.69, 9.17) is 10.3 Å². The smallest absolute Gasteiger partial charge is 0.267 e. The van der Waals surface area contributed by atoms with Crippen molar-refractivity contribution in [2.45, 2.75) is 62.2 Å². The molecule has 0 heterocycles. The molecule has 0 aromatic rings. The second-order valence-electron chi connectivity index (χ2n) is 5.80. The first-order valence-electron chi connectivity index (χ1n) is 8.19. The maximum absolute atomic E-state index is 13.4. The summed E-state index contributed by atoms with van der Waals surface area (Å²) in [4.78, 5) is 0. The molecule has 0 spiro atoms. The number of rotatable bonds is 13. The van der Waals surface area contributed by atoms with Crippen molar-refractivity contribution in [3.05, 3.63) is 12.7 Å². The molecule has 0 aromatic heterocycles. The monoisotopic (exact) mass is 469 g/mol. The third-order valence-electron chi connectivity index (χ3n) is 3.36. The fourth-order valence-corrected chi connectivity index (χ4v) is 2.41. The Bertz CT molecular complexity index is 543. The van der Waals surface area contributed by atoms with E-state index in [-0.39, 0.29) is 0 Å². The Morgan fingerprint density at radius 1 is 0.828 bits per heavy atom. The molecule has 4 nitrogen and oxygen atoms in total.